The van der Waals surface area contributed by atoms with Crippen molar-refractivity contribution in [2.45, 2.75) is 38.8 Å². The van der Waals surface area contributed by atoms with Gasteiger partial charge in [-0.2, -0.15) is 17.6 Å². The average Bonchev–Trinajstić information content (AvgIpc) is 2.57. The summed E-state index contributed by atoms with van der Waals surface area (Å²) in [5.41, 5.74) is 1.49. The molecule has 140 valence electrons. The van der Waals surface area contributed by atoms with Crippen molar-refractivity contribution >= 4 is 5.91 Å². The highest BCUT2D eigenvalue weighted by Crippen LogP contribution is 2.29. The van der Waals surface area contributed by atoms with E-state index in [-0.39, 0.29) is 11.6 Å². The van der Waals surface area contributed by atoms with E-state index in [1.54, 1.807) is 19.2 Å². The second-order valence-corrected chi connectivity index (χ2v) is 5.81. The third kappa shape index (κ3) is 4.93. The summed E-state index contributed by atoms with van der Waals surface area (Å²) in [6, 6.07) is 8.32. The summed E-state index contributed by atoms with van der Waals surface area (Å²) in [4.78, 5) is 16.6. The molecule has 0 bridgehead atoms. The summed E-state index contributed by atoms with van der Waals surface area (Å²) in [7, 11) is 0. The van der Waals surface area contributed by atoms with Crippen LogP contribution < -0.4 is 10.1 Å². The molecule has 1 aromatic heterocycles. The zero-order valence-corrected chi connectivity index (χ0v) is 14.2. The Labute approximate surface area is 148 Å². The van der Waals surface area contributed by atoms with Crippen molar-refractivity contribution in [3.8, 4) is 5.75 Å². The summed E-state index contributed by atoms with van der Waals surface area (Å²) in [5, 5.41) is 2.64. The number of nitrogens with one attached hydrogen (secondary N) is 1. The van der Waals surface area contributed by atoms with E-state index in [4.69, 9.17) is 0 Å². The number of benzene rings is 1. The molecule has 8 heteroatoms. The zero-order valence-electron chi connectivity index (χ0n) is 14.2. The van der Waals surface area contributed by atoms with Gasteiger partial charge in [-0.05, 0) is 37.6 Å². The maximum Gasteiger partial charge on any atom is 0.461 e. The fraction of sp³-hybridized carbons (Fsp3) is 0.333. The van der Waals surface area contributed by atoms with Crippen LogP contribution in [0.25, 0.3) is 0 Å². The molecule has 26 heavy (non-hydrogen) atoms. The van der Waals surface area contributed by atoms with E-state index in [0.29, 0.717) is 6.42 Å². The number of para-hydroxylation sites is 1. The number of carbonyl (C=O) groups is 1. The number of ether oxygens (including phenoxy) is 1. The van der Waals surface area contributed by atoms with Crippen LogP contribution in [0.15, 0.2) is 42.6 Å². The first-order valence-corrected chi connectivity index (χ1v) is 7.86. The summed E-state index contributed by atoms with van der Waals surface area (Å²) in [6.07, 6.45) is -6.64. The minimum Gasteiger partial charge on any atom is -0.427 e. The van der Waals surface area contributed by atoms with Gasteiger partial charge in [0.25, 0.3) is 5.91 Å². The number of aromatic nitrogens is 1. The largest absolute Gasteiger partial charge is 0.461 e. The van der Waals surface area contributed by atoms with Gasteiger partial charge in [-0.25, -0.2) is 0 Å². The van der Waals surface area contributed by atoms with Crippen molar-refractivity contribution in [2.24, 2.45) is 0 Å². The third-order valence-corrected chi connectivity index (χ3v) is 3.63. The highest BCUT2D eigenvalue weighted by molar-refractivity contribution is 5.97. The first-order chi connectivity index (χ1) is 12.2. The second-order valence-electron chi connectivity index (χ2n) is 5.81. The lowest BCUT2D eigenvalue weighted by molar-refractivity contribution is -0.253. The van der Waals surface area contributed by atoms with E-state index in [1.807, 2.05) is 13.0 Å². The highest BCUT2D eigenvalue weighted by atomic mass is 19.3. The molecule has 0 aliphatic rings. The summed E-state index contributed by atoms with van der Waals surface area (Å²) in [6.45, 7) is 3.61. The molecule has 2 rings (SSSR count). The normalized spacial score (nSPS) is 12.7. The van der Waals surface area contributed by atoms with Gasteiger partial charge < -0.3 is 10.1 Å². The van der Waals surface area contributed by atoms with Crippen LogP contribution in [-0.2, 0) is 6.42 Å². The Morgan fingerprint density at radius 1 is 1.23 bits per heavy atom. The number of amides is 1. The number of aryl methyl sites for hydroxylation is 1. The lowest BCUT2D eigenvalue weighted by Gasteiger charge is -2.20. The molecule has 0 radical (unpaired) electrons. The van der Waals surface area contributed by atoms with Crippen LogP contribution in [0.5, 0.6) is 5.75 Å². The van der Waals surface area contributed by atoms with Gasteiger partial charge in [0.15, 0.2) is 0 Å². The molecule has 0 aliphatic heterocycles. The molecule has 0 aliphatic carbocycles. The molecule has 1 amide bonds. The average molecular weight is 370 g/mol. The number of halogens is 4. The van der Waals surface area contributed by atoms with Gasteiger partial charge >= 0.3 is 12.5 Å². The maximum absolute atomic E-state index is 13.2. The molecule has 0 saturated heterocycles. The lowest BCUT2D eigenvalue weighted by atomic mass is 10.1. The topological polar surface area (TPSA) is 51.2 Å². The fourth-order valence-electron chi connectivity index (χ4n) is 2.31. The molecule has 1 aromatic carbocycles. The first kappa shape index (κ1) is 19.7. The van der Waals surface area contributed by atoms with Crippen LogP contribution in [0.2, 0.25) is 0 Å². The number of carbonyl (C=O) groups excluding carboxylic acids is 1. The van der Waals surface area contributed by atoms with Gasteiger partial charge in [-0.3, -0.25) is 9.78 Å². The molecule has 4 nitrogen and oxygen atoms in total. The van der Waals surface area contributed by atoms with Crippen LogP contribution in [0.4, 0.5) is 17.6 Å². The molecule has 1 atom stereocenters. The van der Waals surface area contributed by atoms with Gasteiger partial charge in [0.2, 0.25) is 0 Å². The number of hydrogen-bond acceptors (Lipinski definition) is 3. The molecule has 0 fully saturated rings. The Hall–Kier alpha value is -2.64. The summed E-state index contributed by atoms with van der Waals surface area (Å²) in [5.74, 6) is -1.32. The Balaban J connectivity index is 2.11. The summed E-state index contributed by atoms with van der Waals surface area (Å²) >= 11 is 0. The first-order valence-electron chi connectivity index (χ1n) is 7.86. The van der Waals surface area contributed by atoms with Crippen LogP contribution in [-0.4, -0.2) is 29.5 Å². The zero-order chi connectivity index (χ0) is 19.3. The highest BCUT2D eigenvalue weighted by Gasteiger charge is 2.44. The van der Waals surface area contributed by atoms with Crippen LogP contribution >= 0.6 is 0 Å². The number of pyridine rings is 1. The molecule has 0 unspecified atom stereocenters. The predicted molar refractivity (Wildman–Crippen MR) is 87.6 cm³/mol. The molecule has 1 heterocycles. The minimum absolute atomic E-state index is 0.252. The standard InChI is InChI=1S/C18H18F4N2O2/c1-11-6-5-9-23-14(11)10-12(2)24-16(25)13-7-3-4-8-15(13)26-18(21,22)17(19)20/h3-9,12,17H,10H2,1-2H3,(H,24,25)/t12-/m1/s1. The maximum atomic E-state index is 13.2. The third-order valence-electron chi connectivity index (χ3n) is 3.63. The number of rotatable bonds is 7. The molecule has 0 spiro atoms. The monoisotopic (exact) mass is 370 g/mol. The van der Waals surface area contributed by atoms with Gasteiger partial charge in [-0.15, -0.1) is 0 Å². The number of hydrogen-bond donors (Lipinski definition) is 1. The van der Waals surface area contributed by atoms with Gasteiger partial charge in [0.1, 0.15) is 5.75 Å². The van der Waals surface area contributed by atoms with Gasteiger partial charge in [0, 0.05) is 24.4 Å². The van der Waals surface area contributed by atoms with E-state index >= 15 is 0 Å². The fourth-order valence-corrected chi connectivity index (χ4v) is 2.31. The van der Waals surface area contributed by atoms with Crippen molar-refractivity contribution in [3.05, 3.63) is 59.4 Å². The van der Waals surface area contributed by atoms with E-state index in [9.17, 15) is 22.4 Å². The quantitative estimate of drug-likeness (QED) is 0.750. The van der Waals surface area contributed by atoms with Crippen molar-refractivity contribution in [2.75, 3.05) is 0 Å². The van der Waals surface area contributed by atoms with Crippen molar-refractivity contribution < 1.29 is 27.1 Å². The number of nitrogens with zero attached hydrogens (tertiary/aromatic N) is 1. The van der Waals surface area contributed by atoms with Gasteiger partial charge in [-0.1, -0.05) is 18.2 Å². The number of alkyl halides is 4. The second kappa shape index (κ2) is 8.16. The van der Waals surface area contributed by atoms with Crippen LogP contribution in [0.1, 0.15) is 28.5 Å². The van der Waals surface area contributed by atoms with Crippen molar-refractivity contribution in [3.63, 3.8) is 0 Å². The van der Waals surface area contributed by atoms with E-state index < -0.39 is 24.2 Å². The van der Waals surface area contributed by atoms with E-state index in [2.05, 4.69) is 15.0 Å². The smallest absolute Gasteiger partial charge is 0.427 e. The van der Waals surface area contributed by atoms with E-state index in [0.717, 1.165) is 17.3 Å². The summed E-state index contributed by atoms with van der Waals surface area (Å²) < 4.78 is 55.1. The SMILES string of the molecule is Cc1cccnc1C[C@@H](C)NC(=O)c1ccccc1OC(F)(F)C(F)F. The van der Waals surface area contributed by atoms with Crippen LogP contribution in [0, 0.1) is 6.92 Å². The Bertz CT molecular complexity index is 768. The van der Waals surface area contributed by atoms with Crippen molar-refractivity contribution in [1.29, 1.82) is 0 Å². The Kier molecular flexibility index (Phi) is 6.18. The van der Waals surface area contributed by atoms with Gasteiger partial charge in [0.05, 0.1) is 5.56 Å². The van der Waals surface area contributed by atoms with Crippen LogP contribution in [0.3, 0.4) is 0 Å². The molecular weight excluding hydrogens is 352 g/mol. The Morgan fingerprint density at radius 3 is 2.58 bits per heavy atom. The van der Waals surface area contributed by atoms with Crippen molar-refractivity contribution in [1.82, 2.24) is 10.3 Å². The minimum atomic E-state index is -4.69. The molecule has 0 saturated carbocycles. The lowest BCUT2D eigenvalue weighted by Crippen LogP contribution is -2.37. The van der Waals surface area contributed by atoms with E-state index in [1.165, 1.54) is 18.2 Å². The Morgan fingerprint density at radius 2 is 1.92 bits per heavy atom. The molecule has 1 N–H and O–H groups in total. The molecule has 2 aromatic rings. The predicted octanol–water partition coefficient (Wildman–Crippen LogP) is 3.99. The molecular formula is C18H18F4N2O2.